The highest BCUT2D eigenvalue weighted by Gasteiger charge is 2.34. The molecule has 0 saturated heterocycles. The summed E-state index contributed by atoms with van der Waals surface area (Å²) in [5.74, 6) is -0.235. The van der Waals surface area contributed by atoms with E-state index < -0.39 is 11.4 Å². The summed E-state index contributed by atoms with van der Waals surface area (Å²) >= 11 is 0. The number of hydrogen-bond acceptors (Lipinski definition) is 4. The molecule has 8 heteroatoms. The molecular formula is C17H20Cl2FN3O2. The van der Waals surface area contributed by atoms with E-state index in [2.05, 4.69) is 10.3 Å². The van der Waals surface area contributed by atoms with E-state index in [0.717, 1.165) is 17.8 Å². The molecule has 1 amide bonds. The molecular weight excluding hydrogens is 368 g/mol. The normalized spacial score (nSPS) is 17.2. The second kappa shape index (κ2) is 7.89. The molecule has 0 radical (unpaired) electrons. The average Bonchev–Trinajstić information content (AvgIpc) is 2.47. The number of halogens is 3. The number of nitrogens with one attached hydrogen (secondary N) is 1. The molecule has 0 spiro atoms. The summed E-state index contributed by atoms with van der Waals surface area (Å²) in [6.45, 7) is 3.91. The molecule has 1 aliphatic rings. The van der Waals surface area contributed by atoms with Crippen LogP contribution in [0.15, 0.2) is 36.7 Å². The number of nitrogens with two attached hydrogens (primary N) is 1. The smallest absolute Gasteiger partial charge is 0.253 e. The highest BCUT2D eigenvalue weighted by atomic mass is 35.5. The Kier molecular flexibility index (Phi) is 6.62. The lowest BCUT2D eigenvalue weighted by atomic mass is 9.89. The summed E-state index contributed by atoms with van der Waals surface area (Å²) in [5, 5.41) is 2.92. The van der Waals surface area contributed by atoms with Gasteiger partial charge in [0.25, 0.3) is 5.91 Å². The molecule has 1 aromatic heterocycles. The first-order valence-electron chi connectivity index (χ1n) is 7.34. The van der Waals surface area contributed by atoms with Crippen molar-refractivity contribution in [1.29, 1.82) is 0 Å². The van der Waals surface area contributed by atoms with Crippen molar-refractivity contribution >= 4 is 36.4 Å². The van der Waals surface area contributed by atoms with Gasteiger partial charge in [0.15, 0.2) is 0 Å². The van der Waals surface area contributed by atoms with Crippen LogP contribution in [-0.4, -0.2) is 16.5 Å². The van der Waals surface area contributed by atoms with Crippen LogP contribution >= 0.6 is 24.8 Å². The maximum Gasteiger partial charge on any atom is 0.253 e. The van der Waals surface area contributed by atoms with Gasteiger partial charge in [0.1, 0.15) is 17.2 Å². The molecule has 5 nitrogen and oxygen atoms in total. The van der Waals surface area contributed by atoms with E-state index >= 15 is 0 Å². The van der Waals surface area contributed by atoms with Crippen molar-refractivity contribution in [3.63, 3.8) is 0 Å². The second-order valence-electron chi connectivity index (χ2n) is 6.28. The number of ether oxygens (including phenoxy) is 1. The van der Waals surface area contributed by atoms with Gasteiger partial charge < -0.3 is 15.8 Å². The van der Waals surface area contributed by atoms with Gasteiger partial charge in [0.05, 0.1) is 17.8 Å². The number of anilines is 1. The Bertz CT molecular complexity index is 771. The second-order valence-corrected chi connectivity index (χ2v) is 6.28. The largest absolute Gasteiger partial charge is 0.487 e. The first-order chi connectivity index (χ1) is 10.8. The van der Waals surface area contributed by atoms with E-state index in [4.69, 9.17) is 10.5 Å². The molecule has 136 valence electrons. The van der Waals surface area contributed by atoms with Crippen molar-refractivity contribution in [2.24, 2.45) is 0 Å². The summed E-state index contributed by atoms with van der Waals surface area (Å²) in [4.78, 5) is 16.1. The van der Waals surface area contributed by atoms with E-state index in [1.54, 1.807) is 18.2 Å². The topological polar surface area (TPSA) is 77.2 Å². The van der Waals surface area contributed by atoms with Crippen molar-refractivity contribution in [2.75, 3.05) is 5.73 Å². The van der Waals surface area contributed by atoms with E-state index in [1.165, 1.54) is 6.20 Å². The van der Waals surface area contributed by atoms with Crippen molar-refractivity contribution in [2.45, 2.75) is 31.9 Å². The number of fused-ring (bicyclic) bond motifs is 1. The van der Waals surface area contributed by atoms with Gasteiger partial charge in [-0.15, -0.1) is 24.8 Å². The van der Waals surface area contributed by atoms with E-state index in [9.17, 15) is 9.18 Å². The zero-order valence-electron chi connectivity index (χ0n) is 13.8. The molecule has 0 aliphatic carbocycles. The lowest BCUT2D eigenvalue weighted by Crippen LogP contribution is -2.41. The third-order valence-electron chi connectivity index (χ3n) is 3.76. The highest BCUT2D eigenvalue weighted by molar-refractivity contribution is 5.94. The van der Waals surface area contributed by atoms with Crippen LogP contribution < -0.4 is 15.8 Å². The number of nitrogens with zero attached hydrogens (tertiary/aromatic N) is 1. The van der Waals surface area contributed by atoms with Crippen molar-refractivity contribution < 1.29 is 13.9 Å². The van der Waals surface area contributed by atoms with Gasteiger partial charge in [-0.2, -0.15) is 0 Å². The number of carbonyl (C=O) groups excluding carboxylic acids is 1. The minimum Gasteiger partial charge on any atom is -0.487 e. The molecule has 1 aromatic carbocycles. The minimum absolute atomic E-state index is 0. The molecule has 25 heavy (non-hydrogen) atoms. The maximum absolute atomic E-state index is 13.2. The fourth-order valence-electron chi connectivity index (χ4n) is 2.78. The Hall–Kier alpha value is -2.05. The summed E-state index contributed by atoms with van der Waals surface area (Å²) < 4.78 is 19.2. The molecule has 2 aromatic rings. The summed E-state index contributed by atoms with van der Waals surface area (Å²) in [6, 6.07) is 6.24. The molecule has 3 N–H and O–H groups in total. The van der Waals surface area contributed by atoms with E-state index in [-0.39, 0.29) is 42.3 Å². The lowest BCUT2D eigenvalue weighted by molar-refractivity contribution is 0.0620. The van der Waals surface area contributed by atoms with Crippen LogP contribution in [0.2, 0.25) is 0 Å². The quantitative estimate of drug-likeness (QED) is 0.770. The van der Waals surface area contributed by atoms with Gasteiger partial charge in [0, 0.05) is 23.9 Å². The Morgan fingerprint density at radius 3 is 2.72 bits per heavy atom. The Morgan fingerprint density at radius 2 is 2.04 bits per heavy atom. The van der Waals surface area contributed by atoms with Gasteiger partial charge in [-0.25, -0.2) is 4.39 Å². The number of pyridine rings is 1. The molecule has 1 atom stereocenters. The van der Waals surface area contributed by atoms with E-state index in [0.29, 0.717) is 17.9 Å². The van der Waals surface area contributed by atoms with Crippen molar-refractivity contribution in [1.82, 2.24) is 10.3 Å². The number of nitrogen functional groups attached to an aromatic ring is 1. The fourth-order valence-corrected chi connectivity index (χ4v) is 2.78. The molecule has 0 fully saturated rings. The van der Waals surface area contributed by atoms with Crippen LogP contribution in [0.25, 0.3) is 0 Å². The van der Waals surface area contributed by atoms with Gasteiger partial charge in [-0.3, -0.25) is 9.78 Å². The van der Waals surface area contributed by atoms with Crippen LogP contribution in [0, 0.1) is 5.82 Å². The van der Waals surface area contributed by atoms with Crippen LogP contribution in [0.5, 0.6) is 5.75 Å². The Balaban J connectivity index is 0.00000156. The molecule has 2 heterocycles. The van der Waals surface area contributed by atoms with Crippen LogP contribution in [0.1, 0.15) is 42.2 Å². The zero-order chi connectivity index (χ0) is 16.6. The third-order valence-corrected chi connectivity index (χ3v) is 3.76. The van der Waals surface area contributed by atoms with E-state index in [1.807, 2.05) is 13.8 Å². The summed E-state index contributed by atoms with van der Waals surface area (Å²) in [6.07, 6.45) is 2.98. The summed E-state index contributed by atoms with van der Waals surface area (Å²) in [5.41, 5.74) is 7.01. The number of aromatic nitrogens is 1. The molecule has 0 saturated carbocycles. The van der Waals surface area contributed by atoms with Crippen LogP contribution in [0.3, 0.4) is 0 Å². The fraction of sp³-hybridized carbons (Fsp3) is 0.294. The predicted molar refractivity (Wildman–Crippen MR) is 99.1 cm³/mol. The SMILES string of the molecule is CC1(C)CC(NC(=O)c2cncc(F)c2)c2cc(N)ccc2O1.Cl.Cl. The Labute approximate surface area is 158 Å². The average molecular weight is 388 g/mol. The van der Waals surface area contributed by atoms with Crippen LogP contribution in [0.4, 0.5) is 10.1 Å². The highest BCUT2D eigenvalue weighted by Crippen LogP contribution is 2.40. The van der Waals surface area contributed by atoms with Crippen molar-refractivity contribution in [3.05, 3.63) is 53.6 Å². The van der Waals surface area contributed by atoms with Gasteiger partial charge in [-0.05, 0) is 38.1 Å². The third kappa shape index (κ3) is 4.74. The molecule has 3 rings (SSSR count). The number of hydrogen-bond donors (Lipinski definition) is 2. The number of rotatable bonds is 2. The van der Waals surface area contributed by atoms with Crippen LogP contribution in [-0.2, 0) is 0 Å². The first kappa shape index (κ1) is 21.0. The van der Waals surface area contributed by atoms with Crippen molar-refractivity contribution in [3.8, 4) is 5.75 Å². The zero-order valence-corrected chi connectivity index (χ0v) is 15.4. The molecule has 1 aliphatic heterocycles. The number of carbonyl (C=O) groups is 1. The standard InChI is InChI=1S/C17H18FN3O2.2ClH/c1-17(2)7-14(13-6-12(19)3-4-15(13)23-17)21-16(22)10-5-11(18)9-20-8-10;;/h3-6,8-9,14H,7,19H2,1-2H3,(H,21,22);2*1H. The number of benzene rings is 1. The van der Waals surface area contributed by atoms with Gasteiger partial charge >= 0.3 is 0 Å². The summed E-state index contributed by atoms with van der Waals surface area (Å²) in [7, 11) is 0. The molecule has 1 unspecified atom stereocenters. The lowest BCUT2D eigenvalue weighted by Gasteiger charge is -2.38. The van der Waals surface area contributed by atoms with Gasteiger partial charge in [-0.1, -0.05) is 0 Å². The first-order valence-corrected chi connectivity index (χ1v) is 7.34. The molecule has 0 bridgehead atoms. The minimum atomic E-state index is -0.547. The van der Waals surface area contributed by atoms with Gasteiger partial charge in [0.2, 0.25) is 0 Å². The maximum atomic E-state index is 13.2. The Morgan fingerprint density at radius 1 is 1.32 bits per heavy atom. The number of amides is 1. The monoisotopic (exact) mass is 387 g/mol. The predicted octanol–water partition coefficient (Wildman–Crippen LogP) is 3.68.